The Kier molecular flexibility index (Phi) is 5.68. The first-order valence-electron chi connectivity index (χ1n) is 11.2. The van der Waals surface area contributed by atoms with Crippen molar-refractivity contribution in [3.63, 3.8) is 0 Å². The number of aryl methyl sites for hydroxylation is 2. The molecule has 3 aromatic rings. The normalized spacial score (nSPS) is 16.7. The molecule has 1 fully saturated rings. The molecule has 1 saturated heterocycles. The first kappa shape index (κ1) is 22.3. The van der Waals surface area contributed by atoms with Crippen LogP contribution in [0, 0.1) is 18.6 Å². The molecule has 178 valence electrons. The maximum absolute atomic E-state index is 15.3. The Morgan fingerprint density at radius 3 is 2.47 bits per heavy atom. The van der Waals surface area contributed by atoms with E-state index < -0.39 is 11.6 Å². The second kappa shape index (κ2) is 8.68. The predicted molar refractivity (Wildman–Crippen MR) is 129 cm³/mol. The third-order valence-electron chi connectivity index (χ3n) is 6.27. The molecule has 1 aromatic carbocycles. The smallest absolute Gasteiger partial charge is 0.326 e. The van der Waals surface area contributed by atoms with E-state index in [1.807, 2.05) is 19.1 Å². The predicted octanol–water partition coefficient (Wildman–Crippen LogP) is 3.87. The Balaban J connectivity index is 1.52. The lowest BCUT2D eigenvalue weighted by Crippen LogP contribution is -2.44. The topological polar surface area (TPSA) is 70.8 Å². The summed E-state index contributed by atoms with van der Waals surface area (Å²) >= 11 is 0. The summed E-state index contributed by atoms with van der Waals surface area (Å²) in [6, 6.07) is 4.40. The van der Waals surface area contributed by atoms with Crippen LogP contribution in [0.5, 0.6) is 11.8 Å². The van der Waals surface area contributed by atoms with Gasteiger partial charge in [-0.2, -0.15) is 9.97 Å². The number of ether oxygens (including phenoxy) is 1. The van der Waals surface area contributed by atoms with E-state index in [0.29, 0.717) is 24.0 Å². The Morgan fingerprint density at radius 2 is 1.76 bits per heavy atom. The number of fused-ring (bicyclic) bond motifs is 1. The zero-order valence-electron chi connectivity index (χ0n) is 19.7. The largest absolute Gasteiger partial charge is 0.421 e. The highest BCUT2D eigenvalue weighted by Gasteiger charge is 2.22. The molecular formula is C24H27F2N7O. The van der Waals surface area contributed by atoms with Crippen LogP contribution in [0.4, 0.5) is 20.4 Å². The van der Waals surface area contributed by atoms with Crippen LogP contribution in [0.3, 0.4) is 0 Å². The third-order valence-corrected chi connectivity index (χ3v) is 6.27. The number of likely N-dealkylation sites (N-methyl/N-ethyl adjacent to an activating group) is 1. The molecule has 0 radical (unpaired) electrons. The van der Waals surface area contributed by atoms with E-state index in [2.05, 4.69) is 37.1 Å². The Hall–Kier alpha value is -3.53. The number of nitrogens with zero attached hydrogens (tertiary/aromatic N) is 6. The molecule has 0 spiro atoms. The summed E-state index contributed by atoms with van der Waals surface area (Å²) in [6.07, 6.45) is 1.94. The van der Waals surface area contributed by atoms with Gasteiger partial charge in [-0.3, -0.25) is 4.99 Å². The standard InChI is InChI=1S/C24H27F2N7O/c1-14-9-19(27-13-14)28-20-12-21(33-7-5-31(3)6-8-33)30-24(29-20)34-18-11-17(25)23-16(22(18)26)10-15(2)32(23)4/h9-12H,5-8,13H2,1-4H3,(H,27,28,29,30). The van der Waals surface area contributed by atoms with E-state index in [1.165, 1.54) is 0 Å². The maximum Gasteiger partial charge on any atom is 0.326 e. The summed E-state index contributed by atoms with van der Waals surface area (Å²) in [4.78, 5) is 17.7. The summed E-state index contributed by atoms with van der Waals surface area (Å²) in [5.74, 6) is 0.327. The molecule has 8 nitrogen and oxygen atoms in total. The summed E-state index contributed by atoms with van der Waals surface area (Å²) in [6.45, 7) is 7.77. The number of benzene rings is 1. The molecule has 2 aliphatic rings. The van der Waals surface area contributed by atoms with E-state index in [1.54, 1.807) is 24.6 Å². The molecule has 5 rings (SSSR count). The van der Waals surface area contributed by atoms with Gasteiger partial charge in [0.2, 0.25) is 0 Å². The average Bonchev–Trinajstić information content (AvgIpc) is 3.34. The molecule has 10 heteroatoms. The van der Waals surface area contributed by atoms with Crippen LogP contribution in [0.25, 0.3) is 10.9 Å². The molecule has 2 aromatic heterocycles. The fraction of sp³-hybridized carbons (Fsp3) is 0.375. The number of hydrogen-bond acceptors (Lipinski definition) is 7. The number of hydrogen-bond donors (Lipinski definition) is 1. The number of amidine groups is 1. The van der Waals surface area contributed by atoms with Gasteiger partial charge in [-0.05, 0) is 38.6 Å². The van der Waals surface area contributed by atoms with Crippen LogP contribution in [-0.2, 0) is 7.05 Å². The molecule has 34 heavy (non-hydrogen) atoms. The molecule has 0 bridgehead atoms. The lowest BCUT2D eigenvalue weighted by atomic mass is 10.2. The van der Waals surface area contributed by atoms with E-state index in [0.717, 1.165) is 43.5 Å². The quantitative estimate of drug-likeness (QED) is 0.628. The van der Waals surface area contributed by atoms with Crippen molar-refractivity contribution >= 4 is 28.4 Å². The second-order valence-corrected chi connectivity index (χ2v) is 8.88. The maximum atomic E-state index is 15.3. The Labute approximate surface area is 196 Å². The minimum Gasteiger partial charge on any atom is -0.421 e. The molecule has 4 heterocycles. The number of nitrogens with one attached hydrogen (secondary N) is 1. The van der Waals surface area contributed by atoms with Crippen molar-refractivity contribution in [1.82, 2.24) is 19.4 Å². The highest BCUT2D eigenvalue weighted by Crippen LogP contribution is 2.34. The van der Waals surface area contributed by atoms with E-state index in [-0.39, 0.29) is 22.7 Å². The lowest BCUT2D eigenvalue weighted by molar-refractivity contribution is 0.311. The van der Waals surface area contributed by atoms with Crippen molar-refractivity contribution in [2.24, 2.45) is 12.0 Å². The van der Waals surface area contributed by atoms with Crippen LogP contribution in [0.1, 0.15) is 12.6 Å². The Morgan fingerprint density at radius 1 is 1.00 bits per heavy atom. The first-order valence-corrected chi connectivity index (χ1v) is 11.2. The van der Waals surface area contributed by atoms with Crippen molar-refractivity contribution in [1.29, 1.82) is 0 Å². The molecule has 0 saturated carbocycles. The van der Waals surface area contributed by atoms with E-state index in [4.69, 9.17) is 4.74 Å². The number of halogens is 2. The number of rotatable bonds is 4. The molecule has 0 atom stereocenters. The van der Waals surface area contributed by atoms with Crippen molar-refractivity contribution < 1.29 is 13.5 Å². The zero-order valence-corrected chi connectivity index (χ0v) is 19.7. The van der Waals surface area contributed by atoms with Gasteiger partial charge in [-0.15, -0.1) is 0 Å². The van der Waals surface area contributed by atoms with Gasteiger partial charge in [0.25, 0.3) is 0 Å². The molecular weight excluding hydrogens is 440 g/mol. The summed E-state index contributed by atoms with van der Waals surface area (Å²) in [7, 11) is 3.77. The second-order valence-electron chi connectivity index (χ2n) is 8.88. The van der Waals surface area contributed by atoms with Gasteiger partial charge in [-0.1, -0.05) is 0 Å². The summed E-state index contributed by atoms with van der Waals surface area (Å²) < 4.78 is 37.5. The van der Waals surface area contributed by atoms with Gasteiger partial charge in [-0.25, -0.2) is 8.78 Å². The molecule has 2 aliphatic heterocycles. The number of piperazine rings is 1. The van der Waals surface area contributed by atoms with Gasteiger partial charge in [0.1, 0.15) is 17.5 Å². The number of aliphatic imine (C=N–C) groups is 1. The summed E-state index contributed by atoms with van der Waals surface area (Å²) in [5, 5.41) is 3.34. The van der Waals surface area contributed by atoms with E-state index in [9.17, 15) is 4.39 Å². The molecule has 0 unspecified atom stereocenters. The highest BCUT2D eigenvalue weighted by molar-refractivity contribution is 6.05. The fourth-order valence-electron chi connectivity index (χ4n) is 4.20. The van der Waals surface area contributed by atoms with Crippen molar-refractivity contribution in [3.05, 3.63) is 47.2 Å². The molecule has 0 aliphatic carbocycles. The third kappa shape index (κ3) is 4.21. The van der Waals surface area contributed by atoms with Crippen LogP contribution in [-0.4, -0.2) is 65.0 Å². The van der Waals surface area contributed by atoms with Gasteiger partial charge < -0.3 is 24.4 Å². The SMILES string of the molecule is CC1=CC(Nc2cc(N3CCN(C)CC3)nc(Oc3cc(F)c4c(cc(C)n4C)c3F)n2)=NC1. The van der Waals surface area contributed by atoms with Gasteiger partial charge in [0, 0.05) is 56.4 Å². The monoisotopic (exact) mass is 467 g/mol. The van der Waals surface area contributed by atoms with Crippen LogP contribution in [0.2, 0.25) is 0 Å². The van der Waals surface area contributed by atoms with Crippen molar-refractivity contribution in [3.8, 4) is 11.8 Å². The minimum atomic E-state index is -0.651. The molecule has 1 N–H and O–H groups in total. The van der Waals surface area contributed by atoms with Crippen molar-refractivity contribution in [2.45, 2.75) is 13.8 Å². The molecule has 0 amide bonds. The van der Waals surface area contributed by atoms with Crippen LogP contribution in [0.15, 0.2) is 34.8 Å². The van der Waals surface area contributed by atoms with E-state index >= 15 is 4.39 Å². The minimum absolute atomic E-state index is 0.0662. The lowest BCUT2D eigenvalue weighted by Gasteiger charge is -2.33. The van der Waals surface area contributed by atoms with Gasteiger partial charge in [0.15, 0.2) is 17.4 Å². The van der Waals surface area contributed by atoms with Crippen molar-refractivity contribution in [2.75, 3.05) is 50.0 Å². The Bertz CT molecular complexity index is 1320. The summed E-state index contributed by atoms with van der Waals surface area (Å²) in [5.41, 5.74) is 2.07. The highest BCUT2D eigenvalue weighted by atomic mass is 19.1. The van der Waals surface area contributed by atoms with Gasteiger partial charge >= 0.3 is 6.01 Å². The first-order chi connectivity index (χ1) is 16.3. The van der Waals surface area contributed by atoms with Crippen LogP contribution < -0.4 is 15.0 Å². The van der Waals surface area contributed by atoms with Crippen LogP contribution >= 0.6 is 0 Å². The fourth-order valence-corrected chi connectivity index (χ4v) is 4.20. The zero-order chi connectivity index (χ0) is 24.0. The average molecular weight is 468 g/mol. The number of anilines is 2. The number of aromatic nitrogens is 3. The van der Waals surface area contributed by atoms with Gasteiger partial charge in [0.05, 0.1) is 12.1 Å².